The van der Waals surface area contributed by atoms with Crippen molar-refractivity contribution < 1.29 is 27.6 Å². The van der Waals surface area contributed by atoms with Gasteiger partial charge in [-0.25, -0.2) is 0 Å². The Morgan fingerprint density at radius 2 is 1.87 bits per heavy atom. The molecule has 0 amide bonds. The van der Waals surface area contributed by atoms with E-state index in [4.69, 9.17) is 0 Å². The van der Waals surface area contributed by atoms with Gasteiger partial charge in [-0.2, -0.15) is 0 Å². The van der Waals surface area contributed by atoms with E-state index in [1.54, 1.807) is 44.3 Å². The van der Waals surface area contributed by atoms with Gasteiger partial charge in [0.25, 0.3) is 0 Å². The topological polar surface area (TPSA) is 0 Å². The van der Waals surface area contributed by atoms with E-state index in [1.165, 1.54) is 22.3 Å². The SMILES string of the molecule is CC1=C(C2c3ccccc3-c3ccc([SiH](C)C)[c]([Zr+2])c32)CC=C1.[H-].[H-]. The standard InChI is InChI=1S/C21H21Si.Zr.2H/c1-14-7-6-10-16(14)21-19-9-5-4-8-17(19)18-12-11-15(22(2)3)13-20(18)21;;;/h4-9,11-12,21-22H,10H2,1-3H3;;;/q;+2;2*-1. The first-order chi connectivity index (χ1) is 11.1. The Morgan fingerprint density at radius 1 is 1.09 bits per heavy atom. The molecular formula is C21H23SiZr. The first kappa shape index (κ1) is 15.5. The molecule has 0 bridgehead atoms. The first-order valence-electron chi connectivity index (χ1n) is 8.43. The summed E-state index contributed by atoms with van der Waals surface area (Å²) in [4.78, 5) is 0. The number of rotatable bonds is 2. The summed E-state index contributed by atoms with van der Waals surface area (Å²) < 4.78 is 1.64. The van der Waals surface area contributed by atoms with Gasteiger partial charge in [-0.05, 0) is 0 Å². The van der Waals surface area contributed by atoms with E-state index in [0.717, 1.165) is 6.42 Å². The van der Waals surface area contributed by atoms with Crippen LogP contribution in [0.25, 0.3) is 11.1 Å². The van der Waals surface area contributed by atoms with Crippen LogP contribution >= 0.6 is 0 Å². The summed E-state index contributed by atoms with van der Waals surface area (Å²) in [5.74, 6) is 0.484. The quantitative estimate of drug-likeness (QED) is 0.671. The molecule has 115 valence electrons. The minimum Gasteiger partial charge on any atom is -1.00 e. The van der Waals surface area contributed by atoms with Crippen LogP contribution in [0.5, 0.6) is 0 Å². The summed E-state index contributed by atoms with van der Waals surface area (Å²) in [6.45, 7) is 7.19. The zero-order chi connectivity index (χ0) is 16.1. The first-order valence-corrected chi connectivity index (χ1v) is 12.5. The van der Waals surface area contributed by atoms with Crippen LogP contribution in [0.1, 0.15) is 33.2 Å². The number of hydrogen-bond donors (Lipinski definition) is 0. The van der Waals surface area contributed by atoms with Crippen LogP contribution in [0.3, 0.4) is 0 Å². The van der Waals surface area contributed by atoms with Crippen LogP contribution in [0.15, 0.2) is 59.7 Å². The van der Waals surface area contributed by atoms with E-state index >= 15 is 0 Å². The third kappa shape index (κ3) is 2.34. The van der Waals surface area contributed by atoms with Crippen LogP contribution in [-0.4, -0.2) is 8.80 Å². The monoisotopic (exact) mass is 393 g/mol. The van der Waals surface area contributed by atoms with Gasteiger partial charge in [0, 0.05) is 0 Å². The van der Waals surface area contributed by atoms with Gasteiger partial charge in [-0.15, -0.1) is 0 Å². The van der Waals surface area contributed by atoms with E-state index in [-0.39, 0.29) is 2.85 Å². The van der Waals surface area contributed by atoms with Crippen LogP contribution in [-0.2, 0) is 24.7 Å². The molecule has 0 fully saturated rings. The molecule has 1 atom stereocenters. The normalized spacial score (nSPS) is 18.8. The molecule has 0 spiro atoms. The van der Waals surface area contributed by atoms with Crippen LogP contribution in [0.4, 0.5) is 0 Å². The van der Waals surface area contributed by atoms with E-state index in [9.17, 15) is 0 Å². The molecule has 2 aromatic rings. The van der Waals surface area contributed by atoms with Gasteiger partial charge in [0.15, 0.2) is 0 Å². The van der Waals surface area contributed by atoms with Crippen LogP contribution in [0, 0.1) is 0 Å². The Bertz CT molecular complexity index is 868. The van der Waals surface area contributed by atoms with Gasteiger partial charge in [0.05, 0.1) is 0 Å². The molecule has 2 aromatic carbocycles. The molecular weight excluding hydrogens is 372 g/mol. The predicted molar refractivity (Wildman–Crippen MR) is 101 cm³/mol. The van der Waals surface area contributed by atoms with Crippen molar-refractivity contribution in [2.24, 2.45) is 0 Å². The van der Waals surface area contributed by atoms with Gasteiger partial charge in [-0.3, -0.25) is 0 Å². The van der Waals surface area contributed by atoms with E-state index in [0.29, 0.717) is 5.92 Å². The van der Waals surface area contributed by atoms with Crippen molar-refractivity contribution in [1.29, 1.82) is 0 Å². The van der Waals surface area contributed by atoms with Crippen molar-refractivity contribution >= 4 is 17.3 Å². The molecule has 0 aromatic heterocycles. The fourth-order valence-corrected chi connectivity index (χ4v) is 8.37. The maximum absolute atomic E-state index is 2.45. The second-order valence-electron chi connectivity index (χ2n) is 6.98. The minimum absolute atomic E-state index is 0. The second kappa shape index (κ2) is 5.83. The largest absolute Gasteiger partial charge is 1.00 e. The maximum atomic E-state index is 2.45. The Kier molecular flexibility index (Phi) is 3.94. The molecule has 0 saturated carbocycles. The molecule has 2 aliphatic carbocycles. The molecule has 2 heteroatoms. The summed E-state index contributed by atoms with van der Waals surface area (Å²) in [6.07, 6.45) is 5.75. The molecule has 2 aliphatic rings. The fraction of sp³-hybridized carbons (Fsp3) is 0.238. The van der Waals surface area contributed by atoms with Gasteiger partial charge in [0.1, 0.15) is 0 Å². The fourth-order valence-electron chi connectivity index (χ4n) is 4.14. The zero-order valence-corrected chi connectivity index (χ0v) is 17.6. The maximum Gasteiger partial charge on any atom is -1.00 e. The molecule has 23 heavy (non-hydrogen) atoms. The number of hydrogen-bond acceptors (Lipinski definition) is 0. The molecule has 0 saturated heterocycles. The average molecular weight is 395 g/mol. The molecule has 0 N–H and O–H groups in total. The summed E-state index contributed by atoms with van der Waals surface area (Å²) in [6, 6.07) is 13.9. The van der Waals surface area contributed by atoms with Gasteiger partial charge < -0.3 is 2.85 Å². The zero-order valence-electron chi connectivity index (χ0n) is 16.0. The van der Waals surface area contributed by atoms with Gasteiger partial charge in [-0.1, -0.05) is 0 Å². The minimum atomic E-state index is -0.786. The summed E-state index contributed by atoms with van der Waals surface area (Å²) in [5.41, 5.74) is 9.18. The third-order valence-electron chi connectivity index (χ3n) is 5.31. The van der Waals surface area contributed by atoms with Crippen molar-refractivity contribution in [2.45, 2.75) is 32.4 Å². The third-order valence-corrected chi connectivity index (χ3v) is 9.12. The number of benzene rings is 2. The molecule has 0 nitrogen and oxygen atoms in total. The van der Waals surface area contributed by atoms with Gasteiger partial charge in [0.2, 0.25) is 0 Å². The number of fused-ring (bicyclic) bond motifs is 3. The number of allylic oxidation sites excluding steroid dienone is 4. The molecule has 1 unspecified atom stereocenters. The molecule has 4 rings (SSSR count). The van der Waals surface area contributed by atoms with Crippen molar-refractivity contribution in [3.05, 3.63) is 70.8 Å². The van der Waals surface area contributed by atoms with Gasteiger partial charge >= 0.3 is 156 Å². The molecule has 0 heterocycles. The molecule has 0 radical (unpaired) electrons. The van der Waals surface area contributed by atoms with Crippen molar-refractivity contribution in [1.82, 2.24) is 0 Å². The van der Waals surface area contributed by atoms with E-state index < -0.39 is 8.80 Å². The Hall–Kier alpha value is -0.980. The van der Waals surface area contributed by atoms with E-state index in [1.807, 2.05) is 0 Å². The van der Waals surface area contributed by atoms with Crippen molar-refractivity contribution in [3.8, 4) is 11.1 Å². The summed E-state index contributed by atoms with van der Waals surface area (Å²) in [7, 11) is -0.786. The second-order valence-corrected chi connectivity index (χ2v) is 11.1. The predicted octanol–water partition coefficient (Wildman–Crippen LogP) is 4.17. The van der Waals surface area contributed by atoms with Crippen molar-refractivity contribution in [3.63, 3.8) is 0 Å². The average Bonchev–Trinajstić information content (AvgIpc) is 3.09. The Balaban J connectivity index is 0.00000113. The van der Waals surface area contributed by atoms with Crippen LogP contribution < -0.4 is 8.46 Å². The Labute approximate surface area is 158 Å². The van der Waals surface area contributed by atoms with Crippen molar-refractivity contribution in [2.75, 3.05) is 0 Å². The smallest absolute Gasteiger partial charge is 1.00 e. The Morgan fingerprint density at radius 3 is 2.57 bits per heavy atom. The van der Waals surface area contributed by atoms with E-state index in [2.05, 4.69) is 68.6 Å². The summed E-state index contributed by atoms with van der Waals surface area (Å²) in [5, 5.41) is 1.67. The van der Waals surface area contributed by atoms with Crippen LogP contribution in [0.2, 0.25) is 13.1 Å². The molecule has 0 aliphatic heterocycles. The summed E-state index contributed by atoms with van der Waals surface area (Å²) >= 11 is 1.58.